The summed E-state index contributed by atoms with van der Waals surface area (Å²) in [7, 11) is 0. The van der Waals surface area contributed by atoms with Crippen LogP contribution in [0.25, 0.3) is 0 Å². The highest BCUT2D eigenvalue weighted by atomic mass is 19.1. The quantitative estimate of drug-likeness (QED) is 0.905. The smallest absolute Gasteiger partial charge is 0.256 e. The standard InChI is InChI=1S/C16H18F2N2O/c1-10(2)20-9-12-6-7-19-16(15(12)18)21-14-8-11(3)4-5-13(14)17/h4-8,10,20H,9H2,1-3H3. The van der Waals surface area contributed by atoms with Crippen LogP contribution in [0.5, 0.6) is 11.6 Å². The Hall–Kier alpha value is -2.01. The van der Waals surface area contributed by atoms with E-state index in [1.807, 2.05) is 13.8 Å². The van der Waals surface area contributed by atoms with E-state index in [0.29, 0.717) is 12.1 Å². The van der Waals surface area contributed by atoms with Gasteiger partial charge in [-0.1, -0.05) is 19.9 Å². The maximum absolute atomic E-state index is 14.3. The van der Waals surface area contributed by atoms with Gasteiger partial charge in [0.15, 0.2) is 17.4 Å². The maximum Gasteiger partial charge on any atom is 0.256 e. The van der Waals surface area contributed by atoms with Crippen molar-refractivity contribution in [1.82, 2.24) is 10.3 Å². The summed E-state index contributed by atoms with van der Waals surface area (Å²) in [5.74, 6) is -1.38. The number of nitrogens with zero attached hydrogens (tertiary/aromatic N) is 1. The van der Waals surface area contributed by atoms with Crippen LogP contribution in [0.15, 0.2) is 30.5 Å². The number of pyridine rings is 1. The van der Waals surface area contributed by atoms with Gasteiger partial charge in [-0.05, 0) is 30.7 Å². The number of aryl methyl sites for hydroxylation is 1. The van der Waals surface area contributed by atoms with Crippen LogP contribution >= 0.6 is 0 Å². The molecule has 0 saturated heterocycles. The molecule has 21 heavy (non-hydrogen) atoms. The van der Waals surface area contributed by atoms with Crippen molar-refractivity contribution in [2.75, 3.05) is 0 Å². The summed E-state index contributed by atoms with van der Waals surface area (Å²) in [5, 5.41) is 3.12. The summed E-state index contributed by atoms with van der Waals surface area (Å²) in [5.41, 5.74) is 1.26. The number of hydrogen-bond donors (Lipinski definition) is 1. The predicted molar refractivity (Wildman–Crippen MR) is 77.4 cm³/mol. The number of ether oxygens (including phenoxy) is 1. The minimum absolute atomic E-state index is 0.0321. The third-order valence-electron chi connectivity index (χ3n) is 2.93. The molecule has 1 aromatic carbocycles. The van der Waals surface area contributed by atoms with E-state index in [0.717, 1.165) is 5.56 Å². The van der Waals surface area contributed by atoms with Crippen molar-refractivity contribution >= 4 is 0 Å². The lowest BCUT2D eigenvalue weighted by Crippen LogP contribution is -2.22. The summed E-state index contributed by atoms with van der Waals surface area (Å²) in [6.45, 7) is 6.11. The lowest BCUT2D eigenvalue weighted by molar-refractivity contribution is 0.393. The van der Waals surface area contributed by atoms with Crippen LogP contribution in [0.2, 0.25) is 0 Å². The highest BCUT2D eigenvalue weighted by Crippen LogP contribution is 2.27. The Morgan fingerprint density at radius 2 is 2.00 bits per heavy atom. The molecule has 2 rings (SSSR count). The van der Waals surface area contributed by atoms with Crippen LogP contribution in [0.3, 0.4) is 0 Å². The monoisotopic (exact) mass is 292 g/mol. The van der Waals surface area contributed by atoms with E-state index in [9.17, 15) is 8.78 Å². The Labute approximate surface area is 123 Å². The van der Waals surface area contributed by atoms with Crippen LogP contribution in [-0.2, 0) is 6.54 Å². The summed E-state index contributed by atoms with van der Waals surface area (Å²) in [6, 6.07) is 6.22. The fraction of sp³-hybridized carbons (Fsp3) is 0.312. The van der Waals surface area contributed by atoms with Gasteiger partial charge in [-0.2, -0.15) is 0 Å². The molecule has 0 spiro atoms. The zero-order valence-electron chi connectivity index (χ0n) is 12.3. The molecule has 0 aliphatic carbocycles. The minimum Gasteiger partial charge on any atom is -0.433 e. The van der Waals surface area contributed by atoms with E-state index in [-0.39, 0.29) is 17.7 Å². The lowest BCUT2D eigenvalue weighted by Gasteiger charge is -2.12. The van der Waals surface area contributed by atoms with E-state index >= 15 is 0 Å². The molecule has 0 aliphatic heterocycles. The van der Waals surface area contributed by atoms with Crippen molar-refractivity contribution in [3.05, 3.63) is 53.2 Å². The predicted octanol–water partition coefficient (Wildman–Crippen LogP) is 3.96. The van der Waals surface area contributed by atoms with E-state index in [1.165, 1.54) is 18.3 Å². The van der Waals surface area contributed by atoms with Crippen molar-refractivity contribution in [2.45, 2.75) is 33.4 Å². The van der Waals surface area contributed by atoms with Crippen LogP contribution < -0.4 is 10.1 Å². The number of benzene rings is 1. The zero-order chi connectivity index (χ0) is 15.4. The molecule has 0 unspecified atom stereocenters. The van der Waals surface area contributed by atoms with Gasteiger partial charge >= 0.3 is 0 Å². The van der Waals surface area contributed by atoms with Crippen molar-refractivity contribution in [2.24, 2.45) is 0 Å². The Kier molecular flexibility index (Phi) is 4.85. The van der Waals surface area contributed by atoms with Gasteiger partial charge in [0.1, 0.15) is 0 Å². The molecule has 0 fully saturated rings. The topological polar surface area (TPSA) is 34.1 Å². The van der Waals surface area contributed by atoms with Crippen LogP contribution in [0.4, 0.5) is 8.78 Å². The molecule has 2 aromatic rings. The van der Waals surface area contributed by atoms with Gasteiger partial charge in [0.05, 0.1) is 0 Å². The van der Waals surface area contributed by atoms with Gasteiger partial charge in [-0.15, -0.1) is 0 Å². The molecule has 0 bridgehead atoms. The summed E-state index contributed by atoms with van der Waals surface area (Å²) >= 11 is 0. The first-order chi connectivity index (χ1) is 9.97. The van der Waals surface area contributed by atoms with Crippen molar-refractivity contribution in [3.8, 4) is 11.6 Å². The largest absolute Gasteiger partial charge is 0.433 e. The Morgan fingerprint density at radius 1 is 1.24 bits per heavy atom. The first-order valence-electron chi connectivity index (χ1n) is 6.78. The molecular formula is C16H18F2N2O. The minimum atomic E-state index is -0.577. The molecule has 5 heteroatoms. The highest BCUT2D eigenvalue weighted by molar-refractivity contribution is 5.34. The van der Waals surface area contributed by atoms with Gasteiger partial charge in [-0.25, -0.2) is 13.8 Å². The third-order valence-corrected chi connectivity index (χ3v) is 2.93. The average molecular weight is 292 g/mol. The average Bonchev–Trinajstić information content (AvgIpc) is 2.43. The molecule has 0 saturated carbocycles. The number of nitrogens with one attached hydrogen (secondary N) is 1. The second kappa shape index (κ2) is 6.63. The Balaban J connectivity index is 2.24. The van der Waals surface area contributed by atoms with Crippen molar-refractivity contribution < 1.29 is 13.5 Å². The van der Waals surface area contributed by atoms with E-state index in [2.05, 4.69) is 10.3 Å². The summed E-state index contributed by atoms with van der Waals surface area (Å²) in [4.78, 5) is 3.84. The van der Waals surface area contributed by atoms with Gasteiger partial charge in [0.25, 0.3) is 5.88 Å². The molecule has 0 amide bonds. The number of aromatic nitrogens is 1. The fourth-order valence-electron chi connectivity index (χ4n) is 1.78. The molecule has 1 heterocycles. The van der Waals surface area contributed by atoms with Crippen LogP contribution in [0.1, 0.15) is 25.0 Å². The second-order valence-corrected chi connectivity index (χ2v) is 5.16. The van der Waals surface area contributed by atoms with Crippen LogP contribution in [-0.4, -0.2) is 11.0 Å². The van der Waals surface area contributed by atoms with Crippen molar-refractivity contribution in [3.63, 3.8) is 0 Å². The Bertz CT molecular complexity index is 630. The molecule has 112 valence electrons. The fourth-order valence-corrected chi connectivity index (χ4v) is 1.78. The van der Waals surface area contributed by atoms with Gasteiger partial charge in [-0.3, -0.25) is 0 Å². The first kappa shape index (κ1) is 15.4. The SMILES string of the molecule is Cc1ccc(F)c(Oc2nccc(CNC(C)C)c2F)c1. The van der Waals surface area contributed by atoms with Crippen molar-refractivity contribution in [1.29, 1.82) is 0 Å². The number of rotatable bonds is 5. The summed E-state index contributed by atoms with van der Waals surface area (Å²) < 4.78 is 33.2. The molecule has 1 N–H and O–H groups in total. The molecule has 0 aliphatic rings. The Morgan fingerprint density at radius 3 is 2.71 bits per heavy atom. The second-order valence-electron chi connectivity index (χ2n) is 5.16. The lowest BCUT2D eigenvalue weighted by atomic mass is 10.2. The molecule has 0 atom stereocenters. The van der Waals surface area contributed by atoms with E-state index in [4.69, 9.17) is 4.74 Å². The molecule has 3 nitrogen and oxygen atoms in total. The molecular weight excluding hydrogens is 274 g/mol. The summed E-state index contributed by atoms with van der Waals surface area (Å²) in [6.07, 6.45) is 1.45. The molecule has 1 aromatic heterocycles. The molecule has 0 radical (unpaired) electrons. The van der Waals surface area contributed by atoms with Gasteiger partial charge in [0, 0.05) is 24.3 Å². The van der Waals surface area contributed by atoms with E-state index < -0.39 is 11.6 Å². The maximum atomic E-state index is 14.3. The normalized spacial score (nSPS) is 11.0. The van der Waals surface area contributed by atoms with E-state index in [1.54, 1.807) is 19.1 Å². The highest BCUT2D eigenvalue weighted by Gasteiger charge is 2.14. The first-order valence-corrected chi connectivity index (χ1v) is 6.78. The van der Waals surface area contributed by atoms with Gasteiger partial charge in [0.2, 0.25) is 0 Å². The number of hydrogen-bond acceptors (Lipinski definition) is 3. The number of halogens is 2. The van der Waals surface area contributed by atoms with Crippen LogP contribution in [0, 0.1) is 18.6 Å². The van der Waals surface area contributed by atoms with Gasteiger partial charge < -0.3 is 10.1 Å². The zero-order valence-corrected chi connectivity index (χ0v) is 12.3. The third kappa shape index (κ3) is 3.98.